The van der Waals surface area contributed by atoms with Crippen LogP contribution in [0.2, 0.25) is 0 Å². The molecular formula is C18H19N2O2S+. The molecule has 0 bridgehead atoms. The quantitative estimate of drug-likeness (QED) is 0.664. The van der Waals surface area contributed by atoms with Crippen molar-refractivity contribution < 1.29 is 9.50 Å². The van der Waals surface area contributed by atoms with Crippen molar-refractivity contribution in [1.82, 2.24) is 5.32 Å². The van der Waals surface area contributed by atoms with Crippen molar-refractivity contribution in [1.29, 1.82) is 0 Å². The monoisotopic (exact) mass is 327 g/mol. The van der Waals surface area contributed by atoms with Crippen molar-refractivity contribution >= 4 is 11.8 Å². The average molecular weight is 327 g/mol. The van der Waals surface area contributed by atoms with Gasteiger partial charge in [-0.15, -0.1) is 11.8 Å². The van der Waals surface area contributed by atoms with Gasteiger partial charge in [-0.3, -0.25) is 0 Å². The lowest BCUT2D eigenvalue weighted by Gasteiger charge is -2.29. The van der Waals surface area contributed by atoms with Crippen LogP contribution in [0, 0.1) is 4.91 Å². The van der Waals surface area contributed by atoms with Crippen molar-refractivity contribution in [3.05, 3.63) is 69.6 Å². The molecule has 3 aliphatic heterocycles. The second kappa shape index (κ2) is 5.89. The highest BCUT2D eigenvalue weighted by atomic mass is 32.2. The second-order valence-electron chi connectivity index (χ2n) is 5.85. The van der Waals surface area contributed by atoms with Gasteiger partial charge in [-0.1, -0.05) is 12.1 Å². The van der Waals surface area contributed by atoms with Crippen LogP contribution in [0.5, 0.6) is 0 Å². The molecule has 0 aromatic heterocycles. The summed E-state index contributed by atoms with van der Waals surface area (Å²) in [5.41, 5.74) is 3.69. The molecule has 1 aromatic carbocycles. The van der Waals surface area contributed by atoms with Gasteiger partial charge in [-0.05, 0) is 37.0 Å². The zero-order chi connectivity index (χ0) is 15.8. The third-order valence-electron chi connectivity index (χ3n) is 4.50. The lowest BCUT2D eigenvalue weighted by Crippen LogP contribution is -2.35. The Kier molecular flexibility index (Phi) is 3.73. The third-order valence-corrected chi connectivity index (χ3v) is 5.22. The van der Waals surface area contributed by atoms with Gasteiger partial charge in [0.25, 0.3) is 11.7 Å². The van der Waals surface area contributed by atoms with Crippen molar-refractivity contribution in [2.45, 2.75) is 23.8 Å². The van der Waals surface area contributed by atoms with Gasteiger partial charge in [0.15, 0.2) is 5.76 Å². The number of thioether (sulfide) groups is 1. The van der Waals surface area contributed by atoms with Crippen LogP contribution >= 0.6 is 11.8 Å². The van der Waals surface area contributed by atoms with Gasteiger partial charge in [-0.2, -0.15) is 0 Å². The molecule has 1 aromatic rings. The molecule has 0 spiro atoms. The topological polar surface area (TPSA) is 41.3 Å². The summed E-state index contributed by atoms with van der Waals surface area (Å²) in [7, 11) is 0. The Balaban J connectivity index is 1.86. The lowest BCUT2D eigenvalue weighted by molar-refractivity contribution is -0.542. The van der Waals surface area contributed by atoms with E-state index in [1.54, 1.807) is 11.8 Å². The van der Waals surface area contributed by atoms with Gasteiger partial charge >= 0.3 is 0 Å². The molecule has 5 heteroatoms. The molecule has 1 unspecified atom stereocenters. The van der Waals surface area contributed by atoms with E-state index >= 15 is 0 Å². The molecule has 0 saturated heterocycles. The highest BCUT2D eigenvalue weighted by molar-refractivity contribution is 7.98. The largest absolute Gasteiger partial charge is 0.487 e. The van der Waals surface area contributed by atoms with Crippen molar-refractivity contribution in [3.63, 3.8) is 0 Å². The van der Waals surface area contributed by atoms with Crippen LogP contribution < -0.4 is 5.32 Å². The summed E-state index contributed by atoms with van der Waals surface area (Å²) in [4.78, 5) is 14.3. The van der Waals surface area contributed by atoms with E-state index in [0.29, 0.717) is 6.61 Å². The Morgan fingerprint density at radius 3 is 3.17 bits per heavy atom. The Hall–Kier alpha value is -2.01. The van der Waals surface area contributed by atoms with Crippen molar-refractivity contribution in [2.24, 2.45) is 0 Å². The van der Waals surface area contributed by atoms with E-state index in [-0.39, 0.29) is 6.04 Å². The first-order chi connectivity index (χ1) is 11.3. The maximum absolute atomic E-state index is 13.1. The molecule has 0 radical (unpaired) electrons. The van der Waals surface area contributed by atoms with Gasteiger partial charge in [0.05, 0.1) is 5.57 Å². The van der Waals surface area contributed by atoms with Crippen LogP contribution in [0.3, 0.4) is 0 Å². The number of nitroso groups, excluding NO2 is 1. The van der Waals surface area contributed by atoms with E-state index in [9.17, 15) is 4.91 Å². The maximum Gasteiger partial charge on any atom is 0.261 e. The van der Waals surface area contributed by atoms with Crippen LogP contribution in [-0.4, -0.2) is 24.2 Å². The fraction of sp³-hybridized carbons (Fsp3) is 0.333. The zero-order valence-electron chi connectivity index (χ0n) is 13.0. The van der Waals surface area contributed by atoms with Gasteiger partial charge in [-0.25, -0.2) is 0 Å². The normalized spacial score (nSPS) is 23.2. The van der Waals surface area contributed by atoms with Gasteiger partial charge in [0.1, 0.15) is 12.3 Å². The Labute approximate surface area is 139 Å². The number of nitrogens with one attached hydrogen (secondary N) is 1. The molecule has 118 valence electrons. The molecule has 1 atom stereocenters. The summed E-state index contributed by atoms with van der Waals surface area (Å²) in [6.45, 7) is 1.46. The van der Waals surface area contributed by atoms with E-state index < -0.39 is 0 Å². The average Bonchev–Trinajstić information content (AvgIpc) is 2.62. The summed E-state index contributed by atoms with van der Waals surface area (Å²) in [6.07, 6.45) is 7.85. The maximum atomic E-state index is 13.1. The third kappa shape index (κ3) is 2.39. The van der Waals surface area contributed by atoms with Crippen molar-refractivity contribution in [2.75, 3.05) is 19.4 Å². The summed E-state index contributed by atoms with van der Waals surface area (Å²) >= 11 is 1.69. The van der Waals surface area contributed by atoms with Gasteiger partial charge in [0, 0.05) is 33.1 Å². The minimum Gasteiger partial charge on any atom is -0.487 e. The van der Waals surface area contributed by atoms with Crippen LogP contribution in [-0.2, 0) is 4.74 Å². The number of hydrogen-bond acceptors (Lipinski definition) is 4. The first kappa shape index (κ1) is 14.6. The molecule has 0 fully saturated rings. The first-order valence-electron chi connectivity index (χ1n) is 7.91. The highest BCUT2D eigenvalue weighted by Crippen LogP contribution is 2.42. The number of nitrogens with zero attached hydrogens (tertiary/aromatic N) is 1. The van der Waals surface area contributed by atoms with Crippen LogP contribution in [0.4, 0.5) is 0 Å². The molecule has 0 aliphatic carbocycles. The SMILES string of the molecule is CSc1cccc(C2C3=C(OCC=C3)C3=C(CCCN3)[N+]2=O)c1. The smallest absolute Gasteiger partial charge is 0.261 e. The number of fused-ring (bicyclic) bond motifs is 1. The van der Waals surface area contributed by atoms with Gasteiger partial charge in [0.2, 0.25) is 0 Å². The lowest BCUT2D eigenvalue weighted by atomic mass is 9.90. The molecular weight excluding hydrogens is 308 g/mol. The standard InChI is InChI=1S/C18H19N2O2S/c1-23-13-6-2-5-12(11-13)17-14-7-4-10-22-18(14)16-15(20(17)21)8-3-9-19-16/h2,4-7,11,17,19H,3,8-10H2,1H3/q+1. The number of benzene rings is 1. The van der Waals surface area contributed by atoms with E-state index in [4.69, 9.17) is 4.74 Å². The number of rotatable bonds is 2. The highest BCUT2D eigenvalue weighted by Gasteiger charge is 2.45. The van der Waals surface area contributed by atoms with E-state index in [2.05, 4.69) is 23.7 Å². The predicted octanol–water partition coefficient (Wildman–Crippen LogP) is 3.68. The number of allylic oxidation sites excluding steroid dienone is 1. The molecule has 4 nitrogen and oxygen atoms in total. The summed E-state index contributed by atoms with van der Waals surface area (Å²) in [5.74, 6) is 0.855. The molecule has 1 N–H and O–H groups in total. The predicted molar refractivity (Wildman–Crippen MR) is 91.0 cm³/mol. The molecule has 3 heterocycles. The first-order valence-corrected chi connectivity index (χ1v) is 9.13. The fourth-order valence-corrected chi connectivity index (χ4v) is 3.90. The minimum atomic E-state index is -0.327. The van der Waals surface area contributed by atoms with Crippen LogP contribution in [0.15, 0.2) is 64.0 Å². The van der Waals surface area contributed by atoms with E-state index in [1.807, 2.05) is 24.3 Å². The Morgan fingerprint density at radius 1 is 1.39 bits per heavy atom. The molecule has 0 saturated carbocycles. The minimum absolute atomic E-state index is 0.327. The molecule has 4 rings (SSSR count). The molecule has 23 heavy (non-hydrogen) atoms. The zero-order valence-corrected chi connectivity index (χ0v) is 13.9. The molecule has 0 amide bonds. The Morgan fingerprint density at radius 2 is 2.30 bits per heavy atom. The summed E-state index contributed by atoms with van der Waals surface area (Å²) < 4.78 is 7.09. The van der Waals surface area contributed by atoms with Crippen molar-refractivity contribution in [3.8, 4) is 0 Å². The van der Waals surface area contributed by atoms with E-state index in [1.165, 1.54) is 9.66 Å². The number of ether oxygens (including phenoxy) is 1. The Bertz CT molecular complexity index is 764. The van der Waals surface area contributed by atoms with E-state index in [0.717, 1.165) is 47.7 Å². The van der Waals surface area contributed by atoms with Gasteiger partial charge < -0.3 is 10.1 Å². The molecule has 3 aliphatic rings. The van der Waals surface area contributed by atoms with Crippen LogP contribution in [0.1, 0.15) is 24.4 Å². The fourth-order valence-electron chi connectivity index (χ4n) is 3.43. The summed E-state index contributed by atoms with van der Waals surface area (Å²) in [6, 6.07) is 7.90. The number of hydrogen-bond donors (Lipinski definition) is 1. The summed E-state index contributed by atoms with van der Waals surface area (Å²) in [5, 5.41) is 3.36. The van der Waals surface area contributed by atoms with Crippen LogP contribution in [0.25, 0.3) is 0 Å². The second-order valence-corrected chi connectivity index (χ2v) is 6.73.